The predicted molar refractivity (Wildman–Crippen MR) is 54.8 cm³/mol. The zero-order valence-corrected chi connectivity index (χ0v) is 8.97. The number of benzene rings is 1. The zero-order chi connectivity index (χ0) is 9.84. The molecule has 1 rings (SSSR count). The van der Waals surface area contributed by atoms with Crippen molar-refractivity contribution < 1.29 is 9.90 Å². The Morgan fingerprint density at radius 2 is 2.23 bits per heavy atom. The van der Waals surface area contributed by atoms with Crippen LogP contribution in [0.1, 0.15) is 17.5 Å². The number of carboxylic acid groups (broad SMARTS) is 1. The normalized spacial score (nSPS) is 10.0. The molecule has 0 saturated heterocycles. The average Bonchev–Trinajstić information content (AvgIpc) is 2.02. The fourth-order valence-corrected chi connectivity index (χ4v) is 1.66. The van der Waals surface area contributed by atoms with E-state index in [1.807, 2.05) is 25.1 Å². The van der Waals surface area contributed by atoms with Crippen molar-refractivity contribution in [1.29, 1.82) is 0 Å². The Morgan fingerprint density at radius 3 is 2.77 bits per heavy atom. The van der Waals surface area contributed by atoms with E-state index in [0.717, 1.165) is 15.6 Å². The van der Waals surface area contributed by atoms with E-state index in [1.165, 1.54) is 0 Å². The molecule has 70 valence electrons. The highest BCUT2D eigenvalue weighted by atomic mass is 79.9. The molecule has 0 bridgehead atoms. The van der Waals surface area contributed by atoms with E-state index in [-0.39, 0.29) is 6.42 Å². The van der Waals surface area contributed by atoms with Crippen molar-refractivity contribution in [3.63, 3.8) is 0 Å². The molecule has 0 heterocycles. The van der Waals surface area contributed by atoms with E-state index in [2.05, 4.69) is 15.9 Å². The average molecular weight is 243 g/mol. The van der Waals surface area contributed by atoms with E-state index in [4.69, 9.17) is 5.11 Å². The van der Waals surface area contributed by atoms with Crippen molar-refractivity contribution in [3.8, 4) is 0 Å². The molecular weight excluding hydrogens is 232 g/mol. The summed E-state index contributed by atoms with van der Waals surface area (Å²) in [4.78, 5) is 10.3. The smallest absolute Gasteiger partial charge is 0.303 e. The third-order valence-electron chi connectivity index (χ3n) is 1.91. The van der Waals surface area contributed by atoms with E-state index in [0.29, 0.717) is 6.42 Å². The van der Waals surface area contributed by atoms with Crippen molar-refractivity contribution in [2.24, 2.45) is 0 Å². The summed E-state index contributed by atoms with van der Waals surface area (Å²) in [6.45, 7) is 1.99. The zero-order valence-electron chi connectivity index (χ0n) is 7.38. The lowest BCUT2D eigenvalue weighted by Gasteiger charge is -2.03. The molecule has 3 heteroatoms. The Morgan fingerprint density at radius 1 is 1.54 bits per heavy atom. The second-order valence-electron chi connectivity index (χ2n) is 2.96. The molecule has 0 radical (unpaired) electrons. The first kappa shape index (κ1) is 10.3. The lowest BCUT2D eigenvalue weighted by Crippen LogP contribution is -1.98. The van der Waals surface area contributed by atoms with Crippen LogP contribution < -0.4 is 0 Å². The van der Waals surface area contributed by atoms with Gasteiger partial charge in [-0.2, -0.15) is 0 Å². The number of rotatable bonds is 3. The summed E-state index contributed by atoms with van der Waals surface area (Å²) < 4.78 is 1.03. The summed E-state index contributed by atoms with van der Waals surface area (Å²) in [6.07, 6.45) is 0.802. The number of carbonyl (C=O) groups is 1. The van der Waals surface area contributed by atoms with Crippen molar-refractivity contribution in [1.82, 2.24) is 0 Å². The highest BCUT2D eigenvalue weighted by molar-refractivity contribution is 9.10. The summed E-state index contributed by atoms with van der Waals surface area (Å²) in [6, 6.07) is 5.89. The van der Waals surface area contributed by atoms with Crippen molar-refractivity contribution in [2.75, 3.05) is 0 Å². The monoisotopic (exact) mass is 242 g/mol. The number of hydrogen-bond acceptors (Lipinski definition) is 1. The first-order chi connectivity index (χ1) is 6.09. The van der Waals surface area contributed by atoms with Gasteiger partial charge in [0.2, 0.25) is 0 Å². The van der Waals surface area contributed by atoms with Gasteiger partial charge in [-0.25, -0.2) is 0 Å². The van der Waals surface area contributed by atoms with Gasteiger partial charge in [-0.15, -0.1) is 0 Å². The Bertz CT molecular complexity index is 321. The van der Waals surface area contributed by atoms with Crippen LogP contribution in [0, 0.1) is 6.92 Å². The van der Waals surface area contributed by atoms with Crippen LogP contribution in [0.3, 0.4) is 0 Å². The van der Waals surface area contributed by atoms with Gasteiger partial charge < -0.3 is 5.11 Å². The van der Waals surface area contributed by atoms with Gasteiger partial charge in [0.15, 0.2) is 0 Å². The van der Waals surface area contributed by atoms with E-state index in [9.17, 15) is 4.79 Å². The molecule has 0 aliphatic rings. The van der Waals surface area contributed by atoms with Gasteiger partial charge in [-0.1, -0.05) is 22.0 Å². The Labute approximate surface area is 85.7 Å². The third-order valence-corrected chi connectivity index (χ3v) is 2.41. The highest BCUT2D eigenvalue weighted by Crippen LogP contribution is 2.16. The standard InChI is InChI=1S/C10H11BrO2/c1-7-6-9(11)4-2-8(7)3-5-10(12)13/h2,4,6H,3,5H2,1H3,(H,12,13). The lowest BCUT2D eigenvalue weighted by molar-refractivity contribution is -0.136. The van der Waals surface area contributed by atoms with E-state index < -0.39 is 5.97 Å². The third kappa shape index (κ3) is 3.19. The topological polar surface area (TPSA) is 37.3 Å². The van der Waals surface area contributed by atoms with Gasteiger partial charge in [0.25, 0.3) is 0 Å². The minimum absolute atomic E-state index is 0.197. The molecule has 0 aliphatic carbocycles. The molecule has 2 nitrogen and oxygen atoms in total. The first-order valence-corrected chi connectivity index (χ1v) is 4.85. The maximum atomic E-state index is 10.3. The molecule has 0 atom stereocenters. The van der Waals surface area contributed by atoms with Crippen molar-refractivity contribution >= 4 is 21.9 Å². The fourth-order valence-electron chi connectivity index (χ4n) is 1.18. The second-order valence-corrected chi connectivity index (χ2v) is 3.88. The molecule has 0 spiro atoms. The van der Waals surface area contributed by atoms with Gasteiger partial charge in [-0.05, 0) is 36.6 Å². The van der Waals surface area contributed by atoms with Gasteiger partial charge in [0, 0.05) is 10.9 Å². The minimum Gasteiger partial charge on any atom is -0.481 e. The second kappa shape index (κ2) is 4.42. The van der Waals surface area contributed by atoms with E-state index in [1.54, 1.807) is 0 Å². The molecule has 13 heavy (non-hydrogen) atoms. The Balaban J connectivity index is 2.72. The van der Waals surface area contributed by atoms with Gasteiger partial charge >= 0.3 is 5.97 Å². The molecular formula is C10H11BrO2. The van der Waals surface area contributed by atoms with Crippen LogP contribution in [0.5, 0.6) is 0 Å². The van der Waals surface area contributed by atoms with Crippen molar-refractivity contribution in [3.05, 3.63) is 33.8 Å². The minimum atomic E-state index is -0.748. The maximum Gasteiger partial charge on any atom is 0.303 e. The van der Waals surface area contributed by atoms with Crippen LogP contribution in [0.15, 0.2) is 22.7 Å². The van der Waals surface area contributed by atoms with Gasteiger partial charge in [0.1, 0.15) is 0 Å². The van der Waals surface area contributed by atoms with Crippen LogP contribution in [0.4, 0.5) is 0 Å². The molecule has 0 amide bonds. The Hall–Kier alpha value is -0.830. The molecule has 0 fully saturated rings. The van der Waals surface area contributed by atoms with Crippen LogP contribution in [-0.4, -0.2) is 11.1 Å². The number of hydrogen-bond donors (Lipinski definition) is 1. The Kier molecular flexibility index (Phi) is 3.48. The summed E-state index contributed by atoms with van der Waals surface area (Å²) in [5, 5.41) is 8.51. The summed E-state index contributed by atoms with van der Waals surface area (Å²) in [7, 11) is 0. The predicted octanol–water partition coefficient (Wildman–Crippen LogP) is 2.77. The molecule has 0 aromatic heterocycles. The number of aliphatic carboxylic acids is 1. The van der Waals surface area contributed by atoms with E-state index >= 15 is 0 Å². The number of carboxylic acids is 1. The summed E-state index contributed by atoms with van der Waals surface area (Å²) in [5.74, 6) is -0.748. The highest BCUT2D eigenvalue weighted by Gasteiger charge is 2.02. The summed E-state index contributed by atoms with van der Waals surface area (Å²) in [5.41, 5.74) is 2.24. The molecule has 0 unspecified atom stereocenters. The summed E-state index contributed by atoms with van der Waals surface area (Å²) >= 11 is 3.36. The molecule has 1 aromatic carbocycles. The van der Waals surface area contributed by atoms with Crippen LogP contribution in [0.2, 0.25) is 0 Å². The first-order valence-electron chi connectivity index (χ1n) is 4.06. The quantitative estimate of drug-likeness (QED) is 0.886. The van der Waals surface area contributed by atoms with Crippen LogP contribution in [0.25, 0.3) is 0 Å². The molecule has 0 saturated carbocycles. The maximum absolute atomic E-state index is 10.3. The molecule has 1 N–H and O–H groups in total. The number of aryl methyl sites for hydroxylation is 2. The van der Waals surface area contributed by atoms with Crippen LogP contribution in [-0.2, 0) is 11.2 Å². The van der Waals surface area contributed by atoms with Crippen LogP contribution >= 0.6 is 15.9 Å². The van der Waals surface area contributed by atoms with Gasteiger partial charge in [-0.3, -0.25) is 4.79 Å². The number of halogens is 1. The lowest BCUT2D eigenvalue weighted by atomic mass is 10.0. The fraction of sp³-hybridized carbons (Fsp3) is 0.300. The van der Waals surface area contributed by atoms with Gasteiger partial charge in [0.05, 0.1) is 0 Å². The largest absolute Gasteiger partial charge is 0.481 e. The molecule has 0 aliphatic heterocycles. The van der Waals surface area contributed by atoms with Crippen molar-refractivity contribution in [2.45, 2.75) is 19.8 Å². The SMILES string of the molecule is Cc1cc(Br)ccc1CCC(=O)O. The molecule has 1 aromatic rings.